The fraction of sp³-hybridized carbons (Fsp3) is 0.400. The van der Waals surface area contributed by atoms with E-state index in [0.717, 1.165) is 17.0 Å². The van der Waals surface area contributed by atoms with Gasteiger partial charge >= 0.3 is 0 Å². The topological polar surface area (TPSA) is 26.0 Å². The van der Waals surface area contributed by atoms with Crippen LogP contribution in [0, 0.1) is 12.3 Å². The second-order valence-electron chi connectivity index (χ2n) is 10.3. The lowest BCUT2D eigenvalue weighted by Gasteiger charge is -2.39. The summed E-state index contributed by atoms with van der Waals surface area (Å²) >= 11 is 0. The van der Waals surface area contributed by atoms with Crippen molar-refractivity contribution in [3.05, 3.63) is 59.9 Å². The zero-order chi connectivity index (χ0) is 22.7. The molecule has 3 heteroatoms. The summed E-state index contributed by atoms with van der Waals surface area (Å²) in [4.78, 5) is 4.61. The fourth-order valence-corrected chi connectivity index (χ4v) is 6.48. The Hall–Kier alpha value is -2.94. The summed E-state index contributed by atoms with van der Waals surface area (Å²) < 4.78 is 8.90. The molecule has 1 aliphatic carbocycles. The highest BCUT2D eigenvalue weighted by Gasteiger charge is 2.35. The Kier molecular flexibility index (Phi) is 4.72. The molecular formula is C30H33N2O+. The maximum atomic E-state index is 6.65. The molecule has 1 aliphatic heterocycles. The molecule has 6 rings (SSSR count). The van der Waals surface area contributed by atoms with E-state index in [9.17, 15) is 0 Å². The van der Waals surface area contributed by atoms with Crippen molar-refractivity contribution in [1.82, 2.24) is 4.98 Å². The molecule has 2 aromatic carbocycles. The summed E-state index contributed by atoms with van der Waals surface area (Å²) in [5.74, 6) is 2.55. The standard InChI is InChI=1S/C30H33N2O/c1-5-30(6-2)12-9-20(10-13-30)22-16-21-11-15-32(4)29-27-19(3)23-8-7-14-31-24(23)18-26(27)33-25(17-22)28(21)29/h7-8,11,14-18,20H,5-6,9-10,12-13H2,1-4H3/q+1. The Morgan fingerprint density at radius 1 is 1.06 bits per heavy atom. The molecule has 0 amide bonds. The molecule has 2 aromatic heterocycles. The van der Waals surface area contributed by atoms with Gasteiger partial charge in [-0.1, -0.05) is 38.8 Å². The third kappa shape index (κ3) is 3.08. The molecular weight excluding hydrogens is 404 g/mol. The lowest BCUT2D eigenvalue weighted by atomic mass is 9.66. The maximum Gasteiger partial charge on any atom is 0.228 e. The predicted octanol–water partition coefficient (Wildman–Crippen LogP) is 7.76. The highest BCUT2D eigenvalue weighted by atomic mass is 16.5. The van der Waals surface area contributed by atoms with Crippen LogP contribution in [0.1, 0.15) is 69.4 Å². The third-order valence-corrected chi connectivity index (χ3v) is 8.83. The van der Waals surface area contributed by atoms with Crippen LogP contribution in [0.4, 0.5) is 0 Å². The molecule has 33 heavy (non-hydrogen) atoms. The number of aryl methyl sites for hydroxylation is 2. The first kappa shape index (κ1) is 20.7. The van der Waals surface area contributed by atoms with Crippen molar-refractivity contribution in [3.63, 3.8) is 0 Å². The van der Waals surface area contributed by atoms with Gasteiger partial charge in [-0.05, 0) is 72.6 Å². The van der Waals surface area contributed by atoms with E-state index in [0.29, 0.717) is 11.3 Å². The van der Waals surface area contributed by atoms with Crippen molar-refractivity contribution in [1.29, 1.82) is 0 Å². The van der Waals surface area contributed by atoms with Crippen LogP contribution in [-0.2, 0) is 7.05 Å². The van der Waals surface area contributed by atoms with Gasteiger partial charge in [0, 0.05) is 23.7 Å². The van der Waals surface area contributed by atoms with Crippen molar-refractivity contribution < 1.29 is 9.30 Å². The van der Waals surface area contributed by atoms with Gasteiger partial charge in [0.05, 0.1) is 16.5 Å². The minimum Gasteiger partial charge on any atom is -0.455 e. The zero-order valence-corrected chi connectivity index (χ0v) is 20.2. The summed E-state index contributed by atoms with van der Waals surface area (Å²) in [5.41, 5.74) is 6.67. The molecule has 3 nitrogen and oxygen atoms in total. The highest BCUT2D eigenvalue weighted by Crippen LogP contribution is 2.51. The number of ether oxygens (including phenoxy) is 1. The Morgan fingerprint density at radius 2 is 1.85 bits per heavy atom. The first-order chi connectivity index (χ1) is 16.0. The molecule has 0 atom stereocenters. The predicted molar refractivity (Wildman–Crippen MR) is 135 cm³/mol. The molecule has 0 spiro atoms. The number of nitrogens with zero attached hydrogens (tertiary/aromatic N) is 2. The highest BCUT2D eigenvalue weighted by molar-refractivity contribution is 6.04. The van der Waals surface area contributed by atoms with Gasteiger partial charge in [-0.15, -0.1) is 0 Å². The first-order valence-corrected chi connectivity index (χ1v) is 12.6. The number of hydrogen-bond acceptors (Lipinski definition) is 2. The van der Waals surface area contributed by atoms with Crippen molar-refractivity contribution >= 4 is 21.7 Å². The van der Waals surface area contributed by atoms with Gasteiger partial charge < -0.3 is 4.74 Å². The van der Waals surface area contributed by atoms with E-state index in [2.05, 4.69) is 73.9 Å². The molecule has 0 N–H and O–H groups in total. The van der Waals surface area contributed by atoms with Gasteiger partial charge in [0.15, 0.2) is 6.20 Å². The Bertz CT molecular complexity index is 1390. The molecule has 1 fully saturated rings. The summed E-state index contributed by atoms with van der Waals surface area (Å²) in [6.45, 7) is 6.94. The van der Waals surface area contributed by atoms with Crippen LogP contribution in [0.5, 0.6) is 11.5 Å². The molecule has 3 heterocycles. The summed E-state index contributed by atoms with van der Waals surface area (Å²) in [7, 11) is 2.14. The van der Waals surface area contributed by atoms with Gasteiger partial charge in [-0.3, -0.25) is 4.98 Å². The summed E-state index contributed by atoms with van der Waals surface area (Å²) in [5, 5.41) is 3.71. The maximum absolute atomic E-state index is 6.65. The van der Waals surface area contributed by atoms with Gasteiger partial charge in [0.2, 0.25) is 5.69 Å². The number of fused-ring (bicyclic) bond motifs is 3. The van der Waals surface area contributed by atoms with Crippen LogP contribution in [0.25, 0.3) is 32.9 Å². The molecule has 0 radical (unpaired) electrons. The molecule has 1 saturated carbocycles. The van der Waals surface area contributed by atoms with E-state index in [4.69, 9.17) is 4.74 Å². The van der Waals surface area contributed by atoms with Crippen molar-refractivity contribution in [3.8, 4) is 22.8 Å². The molecule has 0 bridgehead atoms. The average Bonchev–Trinajstić information content (AvgIpc) is 2.85. The number of hydrogen-bond donors (Lipinski definition) is 0. The molecule has 2 aliphatic rings. The monoisotopic (exact) mass is 437 g/mol. The van der Waals surface area contributed by atoms with Gasteiger partial charge in [-0.2, -0.15) is 0 Å². The van der Waals surface area contributed by atoms with E-state index < -0.39 is 0 Å². The molecule has 4 aromatic rings. The Labute approximate surface area is 196 Å². The van der Waals surface area contributed by atoms with Crippen molar-refractivity contribution in [2.24, 2.45) is 12.5 Å². The third-order valence-electron chi connectivity index (χ3n) is 8.83. The van der Waals surface area contributed by atoms with Crippen LogP contribution >= 0.6 is 0 Å². The Morgan fingerprint density at radius 3 is 2.61 bits per heavy atom. The van der Waals surface area contributed by atoms with Crippen LogP contribution < -0.4 is 9.30 Å². The second kappa shape index (κ2) is 7.55. The van der Waals surface area contributed by atoms with E-state index in [1.165, 1.54) is 77.1 Å². The normalized spacial score (nSPS) is 17.2. The smallest absolute Gasteiger partial charge is 0.228 e. The number of pyridine rings is 2. The lowest BCUT2D eigenvalue weighted by Crippen LogP contribution is -2.32. The SMILES string of the molecule is CCC1(CC)CCC(c2cc3c4c([n+](C)ccc4c2)-c2c(cc4ncccc4c2C)O3)CC1. The fourth-order valence-electron chi connectivity index (χ4n) is 6.48. The average molecular weight is 438 g/mol. The van der Waals surface area contributed by atoms with Gasteiger partial charge in [0.25, 0.3) is 0 Å². The minimum atomic E-state index is 0.559. The Balaban J connectivity index is 1.50. The minimum absolute atomic E-state index is 0.559. The molecule has 0 saturated heterocycles. The van der Waals surface area contributed by atoms with Crippen LogP contribution in [-0.4, -0.2) is 4.98 Å². The van der Waals surface area contributed by atoms with E-state index in [1.54, 1.807) is 0 Å². The van der Waals surface area contributed by atoms with Gasteiger partial charge in [-0.25, -0.2) is 4.57 Å². The van der Waals surface area contributed by atoms with E-state index in [1.807, 2.05) is 12.3 Å². The number of rotatable bonds is 3. The summed E-state index contributed by atoms with van der Waals surface area (Å²) in [6, 6.07) is 13.3. The van der Waals surface area contributed by atoms with E-state index in [-0.39, 0.29) is 0 Å². The van der Waals surface area contributed by atoms with E-state index >= 15 is 0 Å². The van der Waals surface area contributed by atoms with Crippen molar-refractivity contribution in [2.45, 2.75) is 65.2 Å². The molecule has 168 valence electrons. The quantitative estimate of drug-likeness (QED) is 0.270. The van der Waals surface area contributed by atoms with Crippen LogP contribution in [0.2, 0.25) is 0 Å². The van der Waals surface area contributed by atoms with Crippen LogP contribution in [0.15, 0.2) is 48.8 Å². The number of benzene rings is 2. The van der Waals surface area contributed by atoms with Crippen molar-refractivity contribution in [2.75, 3.05) is 0 Å². The summed E-state index contributed by atoms with van der Waals surface area (Å²) in [6.07, 6.45) is 11.9. The zero-order valence-electron chi connectivity index (χ0n) is 20.2. The second-order valence-corrected chi connectivity index (χ2v) is 10.3. The largest absolute Gasteiger partial charge is 0.455 e. The number of aromatic nitrogens is 2. The van der Waals surface area contributed by atoms with Gasteiger partial charge in [0.1, 0.15) is 18.5 Å². The van der Waals surface area contributed by atoms with Crippen LogP contribution in [0.3, 0.4) is 0 Å². The first-order valence-electron chi connectivity index (χ1n) is 12.6. The molecule has 0 unspecified atom stereocenters. The lowest BCUT2D eigenvalue weighted by molar-refractivity contribution is -0.659.